The average Bonchev–Trinajstić information content (AvgIpc) is 3.28. The Hall–Kier alpha value is -0.380. The fourth-order valence-electron chi connectivity index (χ4n) is 13.0. The van der Waals surface area contributed by atoms with Crippen LogP contribution in [-0.4, -0.2) is 47.5 Å². The number of hydrogen-bond donors (Lipinski definition) is 2. The summed E-state index contributed by atoms with van der Waals surface area (Å²) in [5.41, 5.74) is 2.66. The van der Waals surface area contributed by atoms with Gasteiger partial charge in [-0.05, 0) is 147 Å². The number of fused-ring (bicyclic) bond motifs is 7. The monoisotopic (exact) mass is 525 g/mol. The molecule has 2 unspecified atom stereocenters. The lowest BCUT2D eigenvalue weighted by Gasteiger charge is -2.73. The number of aliphatic hydroxyl groups is 2. The topological polar surface area (TPSA) is 43.7 Å². The first-order valence-corrected chi connectivity index (χ1v) is 16.6. The Labute approximate surface area is 234 Å². The molecule has 0 amide bonds. The van der Waals surface area contributed by atoms with E-state index in [0.717, 1.165) is 18.9 Å². The van der Waals surface area contributed by atoms with Gasteiger partial charge in [-0.15, -0.1) is 0 Å². The van der Waals surface area contributed by atoms with Crippen molar-refractivity contribution in [1.29, 1.82) is 0 Å². The summed E-state index contributed by atoms with van der Waals surface area (Å²) in [6.45, 7) is 21.5. The summed E-state index contributed by atoms with van der Waals surface area (Å²) in [4.78, 5) is 2.67. The second-order valence-corrected chi connectivity index (χ2v) is 16.7. The molecule has 1 saturated heterocycles. The maximum absolute atomic E-state index is 11.0. The highest BCUT2D eigenvalue weighted by Crippen LogP contribution is 2.77. The van der Waals surface area contributed by atoms with Gasteiger partial charge < -0.3 is 10.2 Å². The first-order chi connectivity index (χ1) is 17.9. The van der Waals surface area contributed by atoms with Gasteiger partial charge in [-0.2, -0.15) is 0 Å². The smallest absolute Gasteiger partial charge is 0.0594 e. The van der Waals surface area contributed by atoms with Crippen LogP contribution in [0.25, 0.3) is 0 Å². The molecule has 6 fully saturated rings. The van der Waals surface area contributed by atoms with E-state index < -0.39 is 0 Å². The summed E-state index contributed by atoms with van der Waals surface area (Å²) in [5, 5.41) is 22.0. The maximum atomic E-state index is 11.0. The molecule has 6 aliphatic rings. The van der Waals surface area contributed by atoms with Crippen LogP contribution in [0.5, 0.6) is 0 Å². The Kier molecular flexibility index (Phi) is 6.81. The third kappa shape index (κ3) is 3.69. The van der Waals surface area contributed by atoms with Crippen LogP contribution in [0.4, 0.5) is 0 Å². The minimum absolute atomic E-state index is 0.0213. The molecule has 10 atom stereocenters. The third-order valence-corrected chi connectivity index (χ3v) is 15.3. The van der Waals surface area contributed by atoms with Gasteiger partial charge in [0.2, 0.25) is 0 Å². The predicted octanol–water partition coefficient (Wildman–Crippen LogP) is 7.46. The number of likely N-dealkylation sites (tertiary alicyclic amines) is 1. The van der Waals surface area contributed by atoms with Crippen LogP contribution < -0.4 is 0 Å². The van der Waals surface area contributed by atoms with Gasteiger partial charge in [-0.25, -0.2) is 0 Å². The van der Waals surface area contributed by atoms with E-state index in [1.165, 1.54) is 95.7 Å². The summed E-state index contributed by atoms with van der Waals surface area (Å²) in [7, 11) is 0. The highest BCUT2D eigenvalue weighted by atomic mass is 16.3. The van der Waals surface area contributed by atoms with Crippen LogP contribution in [0.2, 0.25) is 0 Å². The Morgan fingerprint density at radius 2 is 1.53 bits per heavy atom. The van der Waals surface area contributed by atoms with Gasteiger partial charge in [0, 0.05) is 13.2 Å². The molecule has 0 radical (unpaired) electrons. The predicted molar refractivity (Wildman–Crippen MR) is 157 cm³/mol. The molecule has 2 N–H and O–H groups in total. The van der Waals surface area contributed by atoms with E-state index in [4.69, 9.17) is 6.58 Å². The van der Waals surface area contributed by atoms with Crippen LogP contribution in [0, 0.1) is 56.7 Å². The molecule has 0 aromatic carbocycles. The van der Waals surface area contributed by atoms with Gasteiger partial charge in [0.1, 0.15) is 0 Å². The highest BCUT2D eigenvalue weighted by molar-refractivity contribution is 5.22. The zero-order valence-corrected chi connectivity index (χ0v) is 25.5. The van der Waals surface area contributed by atoms with Gasteiger partial charge in [0.25, 0.3) is 0 Å². The number of nitrogens with zero attached hydrogens (tertiary/aromatic N) is 1. The van der Waals surface area contributed by atoms with Crippen LogP contribution in [0.15, 0.2) is 12.2 Å². The van der Waals surface area contributed by atoms with E-state index in [1.807, 2.05) is 0 Å². The second kappa shape index (κ2) is 9.32. The Balaban J connectivity index is 1.31. The molecule has 38 heavy (non-hydrogen) atoms. The highest BCUT2D eigenvalue weighted by Gasteiger charge is 2.70. The van der Waals surface area contributed by atoms with Gasteiger partial charge in [0.15, 0.2) is 0 Å². The van der Waals surface area contributed by atoms with Crippen LogP contribution in [-0.2, 0) is 0 Å². The summed E-state index contributed by atoms with van der Waals surface area (Å²) in [6, 6.07) is 0. The standard InChI is InChI=1S/C35H59NO2/c1-24(22-36-20-8-7-9-21-36)25-12-17-35(23-37)19-18-33(5)26(30(25)35)10-11-28-32(4)15-14-29(38)31(2,3)27(32)13-16-34(28,33)6/h25-30,37-38H,1,7-23H2,2-6H3/t25-,26+,27-,28?,29?,30+,32-,33+,34+,35+/m0/s1. The van der Waals surface area contributed by atoms with Crippen LogP contribution in [0.3, 0.4) is 0 Å². The van der Waals surface area contributed by atoms with Crippen molar-refractivity contribution < 1.29 is 10.2 Å². The van der Waals surface area contributed by atoms with E-state index in [9.17, 15) is 10.2 Å². The largest absolute Gasteiger partial charge is 0.396 e. The molecule has 0 aromatic heterocycles. The van der Waals surface area contributed by atoms with Crippen molar-refractivity contribution in [2.75, 3.05) is 26.2 Å². The number of aliphatic hydroxyl groups excluding tert-OH is 2. The lowest BCUT2D eigenvalue weighted by Crippen LogP contribution is -2.66. The SMILES string of the molecule is C=C(CN1CCCCC1)[C@@H]1CC[C@]2(CO)CC[C@]3(C)[C@H](CCC4[C@@]5(C)CCC(O)C(C)(C)[C@@H]5CC[C@]43C)[C@@H]12. The number of hydrogen-bond acceptors (Lipinski definition) is 3. The molecule has 6 rings (SSSR count). The van der Waals surface area contributed by atoms with Crippen molar-refractivity contribution in [2.45, 2.75) is 124 Å². The number of rotatable bonds is 4. The summed E-state index contributed by atoms with van der Waals surface area (Å²) in [5.74, 6) is 3.28. The van der Waals surface area contributed by atoms with Crippen molar-refractivity contribution in [3.05, 3.63) is 12.2 Å². The Morgan fingerprint density at radius 3 is 2.24 bits per heavy atom. The van der Waals surface area contributed by atoms with E-state index in [-0.39, 0.29) is 16.9 Å². The third-order valence-electron chi connectivity index (χ3n) is 15.3. The van der Waals surface area contributed by atoms with Crippen molar-refractivity contribution >= 4 is 0 Å². The summed E-state index contributed by atoms with van der Waals surface area (Å²) < 4.78 is 0. The Morgan fingerprint density at radius 1 is 0.789 bits per heavy atom. The zero-order chi connectivity index (χ0) is 27.1. The minimum atomic E-state index is -0.151. The van der Waals surface area contributed by atoms with Crippen molar-refractivity contribution in [3.63, 3.8) is 0 Å². The van der Waals surface area contributed by atoms with E-state index in [0.29, 0.717) is 46.5 Å². The molecule has 5 saturated carbocycles. The minimum Gasteiger partial charge on any atom is -0.396 e. The normalized spacial score (nSPS) is 52.4. The van der Waals surface area contributed by atoms with Gasteiger partial charge in [-0.3, -0.25) is 4.90 Å². The molecule has 0 bridgehead atoms. The van der Waals surface area contributed by atoms with Crippen molar-refractivity contribution in [1.82, 2.24) is 4.90 Å². The molecule has 216 valence electrons. The van der Waals surface area contributed by atoms with Gasteiger partial charge in [0.05, 0.1) is 6.10 Å². The molecule has 3 nitrogen and oxygen atoms in total. The molecule has 0 spiro atoms. The molecule has 3 heteroatoms. The van der Waals surface area contributed by atoms with Crippen molar-refractivity contribution in [3.8, 4) is 0 Å². The van der Waals surface area contributed by atoms with Gasteiger partial charge in [-0.1, -0.05) is 53.2 Å². The van der Waals surface area contributed by atoms with Crippen LogP contribution >= 0.6 is 0 Å². The molecular weight excluding hydrogens is 466 g/mol. The average molecular weight is 526 g/mol. The van der Waals surface area contributed by atoms with Crippen LogP contribution in [0.1, 0.15) is 118 Å². The quantitative estimate of drug-likeness (QED) is 0.374. The molecule has 1 heterocycles. The molecule has 1 aliphatic heterocycles. The second-order valence-electron chi connectivity index (χ2n) is 16.7. The van der Waals surface area contributed by atoms with Crippen molar-refractivity contribution in [2.24, 2.45) is 56.7 Å². The lowest BCUT2D eigenvalue weighted by molar-refractivity contribution is -0.249. The molecule has 5 aliphatic carbocycles. The number of piperidine rings is 1. The fourth-order valence-corrected chi connectivity index (χ4v) is 13.0. The van der Waals surface area contributed by atoms with E-state index >= 15 is 0 Å². The zero-order valence-electron chi connectivity index (χ0n) is 25.5. The first-order valence-electron chi connectivity index (χ1n) is 16.6. The fraction of sp³-hybridized carbons (Fsp3) is 0.943. The van der Waals surface area contributed by atoms with E-state index in [2.05, 4.69) is 39.5 Å². The molecule has 0 aromatic rings. The summed E-state index contributed by atoms with van der Waals surface area (Å²) >= 11 is 0. The summed E-state index contributed by atoms with van der Waals surface area (Å²) in [6.07, 6.45) is 16.3. The lowest BCUT2D eigenvalue weighted by atomic mass is 9.32. The van der Waals surface area contributed by atoms with E-state index in [1.54, 1.807) is 0 Å². The maximum Gasteiger partial charge on any atom is 0.0594 e. The molecular formula is C35H59NO2. The Bertz CT molecular complexity index is 923. The van der Waals surface area contributed by atoms with Gasteiger partial charge >= 0.3 is 0 Å². The first kappa shape index (κ1) is 27.8.